The topological polar surface area (TPSA) is 12.0 Å². The van der Waals surface area contributed by atoms with Crippen LogP contribution in [0.2, 0.25) is 5.02 Å². The summed E-state index contributed by atoms with van der Waals surface area (Å²) in [5.41, 5.74) is 0.753. The monoisotopic (exact) mass is 313 g/mol. The van der Waals surface area contributed by atoms with Crippen LogP contribution in [-0.4, -0.2) is 6.54 Å². The average Bonchev–Trinajstić information content (AvgIpc) is 2.45. The van der Waals surface area contributed by atoms with Crippen molar-refractivity contribution in [3.63, 3.8) is 0 Å². The molecule has 0 radical (unpaired) electrons. The minimum Gasteiger partial charge on any atom is -0.310 e. The lowest BCUT2D eigenvalue weighted by atomic mass is 9.98. The summed E-state index contributed by atoms with van der Waals surface area (Å²) in [6, 6.07) is 7.38. The molecule has 0 saturated carbocycles. The Morgan fingerprint density at radius 1 is 1.10 bits per heavy atom. The first-order valence-corrected chi connectivity index (χ1v) is 7.02. The molecule has 112 valence electrons. The minimum absolute atomic E-state index is 0.000242. The van der Waals surface area contributed by atoms with Crippen LogP contribution in [0, 0.1) is 17.5 Å². The van der Waals surface area contributed by atoms with Crippen LogP contribution in [0.15, 0.2) is 36.4 Å². The molecule has 0 heterocycles. The van der Waals surface area contributed by atoms with Gasteiger partial charge in [-0.15, -0.1) is 0 Å². The van der Waals surface area contributed by atoms with Crippen molar-refractivity contribution in [2.24, 2.45) is 0 Å². The number of benzene rings is 2. The molecule has 2 rings (SSSR count). The second kappa shape index (κ2) is 6.96. The molecule has 0 fully saturated rings. The first kappa shape index (κ1) is 15.9. The average molecular weight is 314 g/mol. The molecule has 2 aromatic carbocycles. The number of hydrogen-bond acceptors (Lipinski definition) is 1. The van der Waals surface area contributed by atoms with E-state index in [0.717, 1.165) is 18.2 Å². The summed E-state index contributed by atoms with van der Waals surface area (Å²) in [5, 5.41) is 3.12. The van der Waals surface area contributed by atoms with Crippen LogP contribution in [0.1, 0.15) is 24.1 Å². The Balaban J connectivity index is 2.35. The van der Waals surface area contributed by atoms with E-state index in [1.54, 1.807) is 12.1 Å². The van der Waals surface area contributed by atoms with Crippen molar-refractivity contribution < 1.29 is 13.2 Å². The van der Waals surface area contributed by atoms with Crippen molar-refractivity contribution in [2.75, 3.05) is 6.54 Å². The van der Waals surface area contributed by atoms with E-state index in [0.29, 0.717) is 12.1 Å². The zero-order valence-corrected chi connectivity index (χ0v) is 12.2. The lowest BCUT2D eigenvalue weighted by molar-refractivity contribution is 0.518. The fraction of sp³-hybridized carbons (Fsp3) is 0.250. The van der Waals surface area contributed by atoms with Gasteiger partial charge in [0.15, 0.2) is 0 Å². The summed E-state index contributed by atoms with van der Waals surface area (Å²) in [4.78, 5) is 0. The van der Waals surface area contributed by atoms with Gasteiger partial charge in [0.05, 0.1) is 5.02 Å². The second-order valence-corrected chi connectivity index (χ2v) is 5.07. The highest BCUT2D eigenvalue weighted by Crippen LogP contribution is 2.28. The molecule has 0 aromatic heterocycles. The molecular formula is C16H15ClF3N. The van der Waals surface area contributed by atoms with Crippen molar-refractivity contribution in [1.29, 1.82) is 0 Å². The molecular weight excluding hydrogens is 299 g/mol. The molecule has 0 bridgehead atoms. The van der Waals surface area contributed by atoms with Crippen LogP contribution in [0.25, 0.3) is 0 Å². The summed E-state index contributed by atoms with van der Waals surface area (Å²) in [6.07, 6.45) is 0.181. The predicted octanol–water partition coefficient (Wildman–Crippen LogP) is 4.65. The standard InChI is InChI=1S/C16H15ClF3N/c1-2-21-15(12-4-3-5-14(20)16(12)17)9-10-8-11(18)6-7-13(10)19/h3-8,15,21H,2,9H2,1H3. The normalized spacial score (nSPS) is 12.4. The van der Waals surface area contributed by atoms with Crippen molar-refractivity contribution in [2.45, 2.75) is 19.4 Å². The van der Waals surface area contributed by atoms with Gasteiger partial charge in [-0.1, -0.05) is 30.7 Å². The number of likely N-dealkylation sites (N-methyl/N-ethyl adjacent to an activating group) is 1. The van der Waals surface area contributed by atoms with Gasteiger partial charge in [-0.25, -0.2) is 13.2 Å². The zero-order chi connectivity index (χ0) is 15.4. The lowest BCUT2D eigenvalue weighted by Gasteiger charge is -2.20. The van der Waals surface area contributed by atoms with Gasteiger partial charge in [-0.3, -0.25) is 0 Å². The molecule has 0 aliphatic carbocycles. The smallest absolute Gasteiger partial charge is 0.142 e. The van der Waals surface area contributed by atoms with Gasteiger partial charge < -0.3 is 5.32 Å². The summed E-state index contributed by atoms with van der Waals surface area (Å²) < 4.78 is 40.6. The van der Waals surface area contributed by atoms with E-state index in [9.17, 15) is 13.2 Å². The van der Waals surface area contributed by atoms with Gasteiger partial charge in [0.25, 0.3) is 0 Å². The van der Waals surface area contributed by atoms with Crippen LogP contribution in [0.3, 0.4) is 0 Å². The van der Waals surface area contributed by atoms with E-state index < -0.39 is 23.5 Å². The van der Waals surface area contributed by atoms with Crippen LogP contribution >= 0.6 is 11.6 Å². The maximum absolute atomic E-state index is 13.8. The third-order valence-electron chi connectivity index (χ3n) is 3.24. The maximum atomic E-state index is 13.8. The predicted molar refractivity (Wildman–Crippen MR) is 77.9 cm³/mol. The van der Waals surface area contributed by atoms with Crippen LogP contribution in [-0.2, 0) is 6.42 Å². The summed E-state index contributed by atoms with van der Waals surface area (Å²) in [7, 11) is 0. The molecule has 0 spiro atoms. The molecule has 0 aliphatic rings. The molecule has 2 aromatic rings. The molecule has 0 amide bonds. The van der Waals surface area contributed by atoms with Gasteiger partial charge in [0.2, 0.25) is 0 Å². The third-order valence-corrected chi connectivity index (χ3v) is 3.64. The van der Waals surface area contributed by atoms with E-state index in [-0.39, 0.29) is 17.0 Å². The van der Waals surface area contributed by atoms with E-state index in [4.69, 9.17) is 11.6 Å². The number of rotatable bonds is 5. The quantitative estimate of drug-likeness (QED) is 0.847. The van der Waals surface area contributed by atoms with Crippen molar-refractivity contribution in [3.05, 3.63) is 70.0 Å². The second-order valence-electron chi connectivity index (χ2n) is 4.69. The summed E-state index contributed by atoms with van der Waals surface area (Å²) in [6.45, 7) is 2.47. The fourth-order valence-corrected chi connectivity index (χ4v) is 2.51. The molecule has 1 atom stereocenters. The highest BCUT2D eigenvalue weighted by atomic mass is 35.5. The van der Waals surface area contributed by atoms with Gasteiger partial charge in [0.1, 0.15) is 17.5 Å². The van der Waals surface area contributed by atoms with Crippen molar-refractivity contribution >= 4 is 11.6 Å². The Hall–Kier alpha value is -1.52. The summed E-state index contributed by atoms with van der Waals surface area (Å²) >= 11 is 5.98. The van der Waals surface area contributed by atoms with Crippen molar-refractivity contribution in [1.82, 2.24) is 5.32 Å². The first-order valence-electron chi connectivity index (χ1n) is 6.64. The van der Waals surface area contributed by atoms with Crippen LogP contribution < -0.4 is 5.32 Å². The molecule has 1 unspecified atom stereocenters. The molecule has 0 saturated heterocycles. The maximum Gasteiger partial charge on any atom is 0.142 e. The van der Waals surface area contributed by atoms with E-state index in [1.165, 1.54) is 6.07 Å². The zero-order valence-electron chi connectivity index (χ0n) is 11.5. The summed E-state index contributed by atoms with van der Waals surface area (Å²) in [5.74, 6) is -1.53. The Morgan fingerprint density at radius 2 is 1.86 bits per heavy atom. The SMILES string of the molecule is CCNC(Cc1cc(F)ccc1F)c1cccc(F)c1Cl. The number of hydrogen-bond donors (Lipinski definition) is 1. The Morgan fingerprint density at radius 3 is 2.57 bits per heavy atom. The minimum atomic E-state index is -0.531. The molecule has 21 heavy (non-hydrogen) atoms. The van der Waals surface area contributed by atoms with Gasteiger partial charge in [0, 0.05) is 6.04 Å². The van der Waals surface area contributed by atoms with Gasteiger partial charge >= 0.3 is 0 Å². The number of halogens is 4. The van der Waals surface area contributed by atoms with E-state index >= 15 is 0 Å². The Bertz CT molecular complexity index is 631. The highest BCUT2D eigenvalue weighted by molar-refractivity contribution is 6.31. The van der Waals surface area contributed by atoms with Crippen LogP contribution in [0.5, 0.6) is 0 Å². The fourth-order valence-electron chi connectivity index (χ4n) is 2.25. The lowest BCUT2D eigenvalue weighted by Crippen LogP contribution is -2.24. The molecule has 5 heteroatoms. The van der Waals surface area contributed by atoms with Crippen LogP contribution in [0.4, 0.5) is 13.2 Å². The van der Waals surface area contributed by atoms with Gasteiger partial charge in [-0.05, 0) is 48.4 Å². The Kier molecular flexibility index (Phi) is 5.26. The van der Waals surface area contributed by atoms with Gasteiger partial charge in [-0.2, -0.15) is 0 Å². The Labute approximate surface area is 126 Å². The highest BCUT2D eigenvalue weighted by Gasteiger charge is 2.18. The first-order chi connectivity index (χ1) is 10.0. The van der Waals surface area contributed by atoms with E-state index in [2.05, 4.69) is 5.32 Å². The molecule has 1 nitrogen and oxygen atoms in total. The van der Waals surface area contributed by atoms with Crippen molar-refractivity contribution in [3.8, 4) is 0 Å². The molecule has 0 aliphatic heterocycles. The molecule has 1 N–H and O–H groups in total. The third kappa shape index (κ3) is 3.77. The number of nitrogens with one attached hydrogen (secondary N) is 1. The van der Waals surface area contributed by atoms with E-state index in [1.807, 2.05) is 6.92 Å². The largest absolute Gasteiger partial charge is 0.310 e.